The number of hydrogen-bond acceptors (Lipinski definition) is 13. The Morgan fingerprint density at radius 3 is 1.69 bits per heavy atom. The maximum Gasteiger partial charge on any atom is 0.407 e. The summed E-state index contributed by atoms with van der Waals surface area (Å²) in [6, 6.07) is 20.8. The van der Waals surface area contributed by atoms with Crippen LogP contribution in [0.15, 0.2) is 79.0 Å². The number of rotatable bonds is 29. The lowest BCUT2D eigenvalue weighted by atomic mass is 9.86. The summed E-state index contributed by atoms with van der Waals surface area (Å²) < 4.78 is 36.9. The van der Waals surface area contributed by atoms with Crippen molar-refractivity contribution in [3.63, 3.8) is 0 Å². The molecule has 2 aromatic carbocycles. The average molecular weight is 908 g/mol. The molecule has 0 bridgehead atoms. The Morgan fingerprint density at radius 2 is 1.15 bits per heavy atom. The van der Waals surface area contributed by atoms with E-state index in [0.717, 1.165) is 22.4 Å². The van der Waals surface area contributed by atoms with Gasteiger partial charge in [0.15, 0.2) is 0 Å². The lowest BCUT2D eigenvalue weighted by molar-refractivity contribution is -0.131. The van der Waals surface area contributed by atoms with Crippen LogP contribution in [0.1, 0.15) is 52.7 Å². The minimum atomic E-state index is -0.972. The summed E-state index contributed by atoms with van der Waals surface area (Å²) in [6.45, 7) is 15.2. The molecule has 17 heteroatoms. The van der Waals surface area contributed by atoms with Crippen LogP contribution in [-0.2, 0) is 55.7 Å². The number of hydrazine groups is 1. The number of pyridine rings is 1. The Balaban J connectivity index is 1.65. The van der Waals surface area contributed by atoms with Crippen molar-refractivity contribution in [3.05, 3.63) is 96.5 Å². The fraction of sp³-hybridized carbons (Fsp3) is 0.542. The third-order valence-corrected chi connectivity index (χ3v) is 9.77. The van der Waals surface area contributed by atoms with Gasteiger partial charge in [-0.25, -0.2) is 14.6 Å². The largest absolute Gasteiger partial charge is 0.453 e. The number of methoxy groups -OCH3 is 2. The van der Waals surface area contributed by atoms with Gasteiger partial charge in [-0.15, -0.1) is 0 Å². The molecule has 3 atom stereocenters. The standard InChI is InChI=1S/C48H71N6O11/c1-47(2,3)41(52-46(58)65-33-32-64-31-30-63-29-28-62-27-26-61-25-24-59-7)43(55)50-39(34-36-14-10-9-11-15-36)21-23-54(53-44(56)42(48(4,5)6)51-45(57)60-8)35-37-17-19-38(20-18-37)40-16-12-13-22-49-40/h9-22,39,41-42H,23-35H2,1-8H3,(H,50,55)(H,51,57)(H,52,58)(H,53,56)/t39-,41+,42+/m1/s1. The number of carbonyl (C=O) groups excluding carboxylic acids is 4. The van der Waals surface area contributed by atoms with Crippen LogP contribution in [0.25, 0.3) is 11.3 Å². The summed E-state index contributed by atoms with van der Waals surface area (Å²) in [4.78, 5) is 57.8. The van der Waals surface area contributed by atoms with Crippen LogP contribution >= 0.6 is 0 Å². The van der Waals surface area contributed by atoms with Crippen molar-refractivity contribution in [1.29, 1.82) is 0 Å². The van der Waals surface area contributed by atoms with Gasteiger partial charge in [-0.05, 0) is 40.5 Å². The van der Waals surface area contributed by atoms with E-state index >= 15 is 0 Å². The second-order valence-electron chi connectivity index (χ2n) is 17.3. The predicted octanol–water partition coefficient (Wildman–Crippen LogP) is 5.14. The summed E-state index contributed by atoms with van der Waals surface area (Å²) in [5.74, 6) is -0.866. The third-order valence-electron chi connectivity index (χ3n) is 9.77. The average Bonchev–Trinajstić information content (AvgIpc) is 3.27. The maximum atomic E-state index is 14.1. The van der Waals surface area contributed by atoms with Gasteiger partial charge in [-0.1, -0.05) is 102 Å². The van der Waals surface area contributed by atoms with Crippen molar-refractivity contribution in [2.24, 2.45) is 10.8 Å². The number of aromatic nitrogens is 1. The van der Waals surface area contributed by atoms with Gasteiger partial charge in [0.25, 0.3) is 5.91 Å². The van der Waals surface area contributed by atoms with Gasteiger partial charge in [0, 0.05) is 44.4 Å². The van der Waals surface area contributed by atoms with Gasteiger partial charge >= 0.3 is 12.2 Å². The SMILES string of the molecule is COCCOCCOCCOCCOCCOC(=O)N[C@@H](C(=O)N[C@H]([CH]CN(Cc1ccc(-c2ccccn2)cc1)NC(=O)[C@H](NC(=O)OC)C(C)(C)C)Cc1ccccc1)C(C)(C)C. The highest BCUT2D eigenvalue weighted by molar-refractivity contribution is 5.87. The molecule has 4 amide bonds. The molecule has 17 nitrogen and oxygen atoms in total. The fourth-order valence-corrected chi connectivity index (χ4v) is 6.27. The highest BCUT2D eigenvalue weighted by atomic mass is 16.6. The highest BCUT2D eigenvalue weighted by Gasteiger charge is 2.36. The zero-order valence-electron chi connectivity index (χ0n) is 39.4. The predicted molar refractivity (Wildman–Crippen MR) is 246 cm³/mol. The molecular formula is C48H71N6O11. The van der Waals surface area contributed by atoms with E-state index in [2.05, 4.69) is 26.4 Å². The molecule has 1 heterocycles. The van der Waals surface area contributed by atoms with Crippen molar-refractivity contribution < 1.29 is 52.3 Å². The molecule has 0 spiro atoms. The maximum absolute atomic E-state index is 14.1. The molecule has 0 aliphatic heterocycles. The van der Waals surface area contributed by atoms with Gasteiger partial charge < -0.3 is 49.1 Å². The number of benzene rings is 2. The first kappa shape index (κ1) is 54.2. The molecule has 4 N–H and O–H groups in total. The van der Waals surface area contributed by atoms with Gasteiger partial charge in [0.05, 0.1) is 72.3 Å². The molecule has 0 unspecified atom stereocenters. The molecule has 3 aromatic rings. The summed E-state index contributed by atoms with van der Waals surface area (Å²) >= 11 is 0. The molecular weight excluding hydrogens is 837 g/mol. The zero-order valence-corrected chi connectivity index (χ0v) is 39.4. The number of hydrogen-bond donors (Lipinski definition) is 4. The van der Waals surface area contributed by atoms with Crippen molar-refractivity contribution in [2.75, 3.05) is 86.8 Å². The minimum Gasteiger partial charge on any atom is -0.453 e. The van der Waals surface area contributed by atoms with Crippen LogP contribution in [0, 0.1) is 17.3 Å². The van der Waals surface area contributed by atoms with E-state index in [1.165, 1.54) is 7.11 Å². The molecule has 0 fully saturated rings. The number of ether oxygens (including phenoxy) is 7. The van der Waals surface area contributed by atoms with Crippen LogP contribution in [0.5, 0.6) is 0 Å². The Hall–Kier alpha value is -5.17. The Labute approximate surface area is 384 Å². The third kappa shape index (κ3) is 22.0. The first-order valence-corrected chi connectivity index (χ1v) is 21.9. The minimum absolute atomic E-state index is 0.0282. The quantitative estimate of drug-likeness (QED) is 0.0529. The summed E-state index contributed by atoms with van der Waals surface area (Å²) in [5.41, 5.74) is 5.26. The smallest absolute Gasteiger partial charge is 0.407 e. The Morgan fingerprint density at radius 1 is 0.615 bits per heavy atom. The monoisotopic (exact) mass is 908 g/mol. The van der Waals surface area contributed by atoms with E-state index in [1.54, 1.807) is 18.3 Å². The number of alkyl carbamates (subject to hydrolysis) is 2. The van der Waals surface area contributed by atoms with E-state index in [1.807, 2.05) is 121 Å². The lowest BCUT2D eigenvalue weighted by Crippen LogP contribution is -2.58. The summed E-state index contributed by atoms with van der Waals surface area (Å²) in [5, 5.41) is 10.3. The zero-order chi connectivity index (χ0) is 47.5. The first-order chi connectivity index (χ1) is 31.1. The number of carbonyl (C=O) groups is 4. The molecule has 0 aliphatic carbocycles. The molecule has 0 saturated carbocycles. The number of nitrogens with one attached hydrogen (secondary N) is 4. The molecule has 1 aromatic heterocycles. The molecule has 359 valence electrons. The fourth-order valence-electron chi connectivity index (χ4n) is 6.27. The topological polar surface area (TPSA) is 197 Å². The van der Waals surface area contributed by atoms with Crippen molar-refractivity contribution in [3.8, 4) is 11.3 Å². The molecule has 1 radical (unpaired) electrons. The molecule has 65 heavy (non-hydrogen) atoms. The summed E-state index contributed by atoms with van der Waals surface area (Å²) in [6.07, 6.45) is 2.57. The second-order valence-corrected chi connectivity index (χ2v) is 17.3. The second kappa shape index (κ2) is 29.4. The van der Waals surface area contributed by atoms with Gasteiger partial charge in [0.2, 0.25) is 5.91 Å². The number of nitrogens with zero attached hydrogens (tertiary/aromatic N) is 2. The molecule has 0 aliphatic rings. The molecule has 3 rings (SSSR count). The lowest BCUT2D eigenvalue weighted by Gasteiger charge is -2.34. The van der Waals surface area contributed by atoms with E-state index in [0.29, 0.717) is 59.3 Å². The van der Waals surface area contributed by atoms with E-state index in [9.17, 15) is 19.2 Å². The van der Waals surface area contributed by atoms with Crippen LogP contribution in [0.3, 0.4) is 0 Å². The van der Waals surface area contributed by atoms with Crippen molar-refractivity contribution in [1.82, 2.24) is 31.4 Å². The van der Waals surface area contributed by atoms with Crippen LogP contribution in [0.4, 0.5) is 9.59 Å². The van der Waals surface area contributed by atoms with Gasteiger partial charge in [-0.3, -0.25) is 20.0 Å². The van der Waals surface area contributed by atoms with E-state index < -0.39 is 53.0 Å². The normalized spacial score (nSPS) is 13.1. The van der Waals surface area contributed by atoms with Crippen molar-refractivity contribution >= 4 is 24.0 Å². The van der Waals surface area contributed by atoms with E-state index in [4.69, 9.17) is 33.2 Å². The Bertz CT molecular complexity index is 1810. The van der Waals surface area contributed by atoms with Gasteiger partial charge in [0.1, 0.15) is 18.7 Å². The van der Waals surface area contributed by atoms with Crippen molar-refractivity contribution in [2.45, 2.75) is 72.6 Å². The molecule has 0 saturated heterocycles. The van der Waals surface area contributed by atoms with Crippen LogP contribution < -0.4 is 21.4 Å². The van der Waals surface area contributed by atoms with Crippen LogP contribution in [0.2, 0.25) is 0 Å². The van der Waals surface area contributed by atoms with Crippen LogP contribution in [-0.4, -0.2) is 139 Å². The number of amides is 4. The summed E-state index contributed by atoms with van der Waals surface area (Å²) in [7, 11) is 2.86. The van der Waals surface area contributed by atoms with Gasteiger partial charge in [-0.2, -0.15) is 0 Å². The first-order valence-electron chi connectivity index (χ1n) is 21.9. The Kier molecular flexibility index (Phi) is 24.5. The highest BCUT2D eigenvalue weighted by Crippen LogP contribution is 2.22. The van der Waals surface area contributed by atoms with E-state index in [-0.39, 0.29) is 26.3 Å².